The third-order valence-corrected chi connectivity index (χ3v) is 5.81. The lowest BCUT2D eigenvalue weighted by Gasteiger charge is -2.22. The van der Waals surface area contributed by atoms with Crippen LogP contribution in [0.25, 0.3) is 0 Å². The maximum atomic E-state index is 9.29. The van der Waals surface area contributed by atoms with Crippen LogP contribution >= 0.6 is 39.0 Å². The van der Waals surface area contributed by atoms with Gasteiger partial charge >= 0.3 is 0 Å². The van der Waals surface area contributed by atoms with Crippen LogP contribution < -0.4 is 11.5 Å². The molecular weight excluding hydrogens is 344 g/mol. The summed E-state index contributed by atoms with van der Waals surface area (Å²) in [5.74, 6) is -0.453. The molecule has 7 heteroatoms. The number of rotatable bonds is 1. The monoisotopic (exact) mass is 352 g/mol. The second kappa shape index (κ2) is 5.30. The Labute approximate surface area is 127 Å². The summed E-state index contributed by atoms with van der Waals surface area (Å²) >= 11 is 6.05. The van der Waals surface area contributed by atoms with Crippen molar-refractivity contribution >= 4 is 39.0 Å². The van der Waals surface area contributed by atoms with E-state index >= 15 is 0 Å². The Bertz CT molecular complexity index is 632. The number of thiophene rings is 1. The molecule has 4 nitrogen and oxygen atoms in total. The molecule has 1 aliphatic rings. The topological polar surface area (TPSA) is 99.6 Å². The van der Waals surface area contributed by atoms with Crippen LogP contribution in [0.3, 0.4) is 0 Å². The van der Waals surface area contributed by atoms with Crippen LogP contribution in [-0.2, 0) is 0 Å². The molecule has 0 fully saturated rings. The van der Waals surface area contributed by atoms with Crippen molar-refractivity contribution in [1.82, 2.24) is 0 Å². The molecule has 1 aromatic rings. The van der Waals surface area contributed by atoms with E-state index in [4.69, 9.17) is 11.5 Å². The van der Waals surface area contributed by atoms with Crippen molar-refractivity contribution in [3.8, 4) is 12.1 Å². The van der Waals surface area contributed by atoms with Crippen molar-refractivity contribution in [1.29, 1.82) is 10.5 Å². The van der Waals surface area contributed by atoms with E-state index in [2.05, 4.69) is 28.1 Å². The van der Waals surface area contributed by atoms with Crippen LogP contribution in [0, 0.1) is 29.6 Å². The standard InChI is InChI=1S/C12H9BrN4S2/c1-5-8(13)2-9(18-5)10-6(3-14)11(16)19-12(17)7(10)4-15/h2,10H,16-17H2,1H3. The third kappa shape index (κ3) is 2.37. The van der Waals surface area contributed by atoms with Gasteiger partial charge in [-0.2, -0.15) is 10.5 Å². The first-order valence-electron chi connectivity index (χ1n) is 5.22. The number of aryl methyl sites for hydroxylation is 1. The summed E-state index contributed by atoms with van der Waals surface area (Å²) in [5.41, 5.74) is 12.5. The molecule has 0 spiro atoms. The van der Waals surface area contributed by atoms with E-state index in [1.165, 1.54) is 11.3 Å². The summed E-state index contributed by atoms with van der Waals surface area (Å²) in [6.07, 6.45) is 0. The van der Waals surface area contributed by atoms with E-state index in [0.29, 0.717) is 21.2 Å². The zero-order valence-corrected chi connectivity index (χ0v) is 13.1. The molecular formula is C12H9BrN4S2. The van der Waals surface area contributed by atoms with Gasteiger partial charge in [0.05, 0.1) is 39.3 Å². The minimum atomic E-state index is -0.453. The first kappa shape index (κ1) is 14.0. The van der Waals surface area contributed by atoms with Crippen LogP contribution in [0.4, 0.5) is 0 Å². The Morgan fingerprint density at radius 1 is 1.21 bits per heavy atom. The van der Waals surface area contributed by atoms with Gasteiger partial charge in [-0.05, 0) is 28.9 Å². The molecule has 4 N–H and O–H groups in total. The second-order valence-electron chi connectivity index (χ2n) is 3.87. The van der Waals surface area contributed by atoms with Crippen LogP contribution in [0.1, 0.15) is 15.7 Å². The number of halogens is 1. The van der Waals surface area contributed by atoms with Gasteiger partial charge in [0.2, 0.25) is 0 Å². The predicted molar refractivity (Wildman–Crippen MR) is 80.7 cm³/mol. The molecule has 0 radical (unpaired) electrons. The molecule has 1 aromatic heterocycles. The molecule has 0 aliphatic carbocycles. The molecule has 0 saturated carbocycles. The fourth-order valence-electron chi connectivity index (χ4n) is 1.80. The summed E-state index contributed by atoms with van der Waals surface area (Å²) in [4.78, 5) is 1.98. The van der Waals surface area contributed by atoms with Gasteiger partial charge in [-0.15, -0.1) is 11.3 Å². The minimum absolute atomic E-state index is 0.367. The number of hydrogen-bond acceptors (Lipinski definition) is 6. The number of thioether (sulfide) groups is 1. The largest absolute Gasteiger partial charge is 0.392 e. The van der Waals surface area contributed by atoms with E-state index in [1.807, 2.05) is 13.0 Å². The number of nitrogens with zero attached hydrogens (tertiary/aromatic N) is 2. The van der Waals surface area contributed by atoms with Gasteiger partial charge in [-0.1, -0.05) is 11.8 Å². The van der Waals surface area contributed by atoms with E-state index in [1.54, 1.807) is 0 Å². The fraction of sp³-hybridized carbons (Fsp3) is 0.167. The maximum absolute atomic E-state index is 9.29. The summed E-state index contributed by atoms with van der Waals surface area (Å²) in [5, 5.41) is 19.3. The summed E-state index contributed by atoms with van der Waals surface area (Å²) < 4.78 is 0.956. The molecule has 0 atom stereocenters. The Morgan fingerprint density at radius 2 is 1.74 bits per heavy atom. The zero-order chi connectivity index (χ0) is 14.2. The summed E-state index contributed by atoms with van der Waals surface area (Å²) in [6, 6.07) is 6.11. The van der Waals surface area contributed by atoms with Crippen LogP contribution in [0.15, 0.2) is 31.7 Å². The number of nitriles is 2. The van der Waals surface area contributed by atoms with E-state index in [-0.39, 0.29) is 0 Å². The highest BCUT2D eigenvalue weighted by molar-refractivity contribution is 9.10. The number of hydrogen-bond donors (Lipinski definition) is 2. The molecule has 0 bridgehead atoms. The average Bonchev–Trinajstić information content (AvgIpc) is 2.68. The van der Waals surface area contributed by atoms with Gasteiger partial charge in [0.15, 0.2) is 0 Å². The number of allylic oxidation sites excluding steroid dienone is 2. The Morgan fingerprint density at radius 3 is 2.11 bits per heavy atom. The van der Waals surface area contributed by atoms with Crippen LogP contribution in [0.2, 0.25) is 0 Å². The zero-order valence-electron chi connectivity index (χ0n) is 9.90. The molecule has 2 rings (SSSR count). The van der Waals surface area contributed by atoms with Crippen molar-refractivity contribution in [3.63, 3.8) is 0 Å². The molecule has 96 valence electrons. The quantitative estimate of drug-likeness (QED) is 0.808. The van der Waals surface area contributed by atoms with Gasteiger partial charge < -0.3 is 11.5 Å². The molecule has 0 aromatic carbocycles. The average molecular weight is 353 g/mol. The lowest BCUT2D eigenvalue weighted by atomic mass is 9.91. The third-order valence-electron chi connectivity index (χ3n) is 2.73. The van der Waals surface area contributed by atoms with Gasteiger partial charge in [0, 0.05) is 14.2 Å². The number of nitrogens with two attached hydrogens (primary N) is 2. The molecule has 2 heterocycles. The fourth-order valence-corrected chi connectivity index (χ4v) is 4.27. The van der Waals surface area contributed by atoms with E-state index in [9.17, 15) is 10.5 Å². The summed E-state index contributed by atoms with van der Waals surface area (Å²) in [7, 11) is 0. The van der Waals surface area contributed by atoms with E-state index < -0.39 is 5.92 Å². The van der Waals surface area contributed by atoms with E-state index in [0.717, 1.165) is 26.0 Å². The normalized spacial score (nSPS) is 16.4. The smallest absolute Gasteiger partial charge is 0.0985 e. The van der Waals surface area contributed by atoms with Crippen LogP contribution in [0.5, 0.6) is 0 Å². The second-order valence-corrected chi connectivity index (χ2v) is 7.09. The molecule has 19 heavy (non-hydrogen) atoms. The first-order chi connectivity index (χ1) is 8.99. The lowest BCUT2D eigenvalue weighted by molar-refractivity contribution is 0.981. The van der Waals surface area contributed by atoms with Crippen LogP contribution in [-0.4, -0.2) is 0 Å². The lowest BCUT2D eigenvalue weighted by Crippen LogP contribution is -2.17. The maximum Gasteiger partial charge on any atom is 0.0985 e. The Hall–Kier alpha value is -1.41. The SMILES string of the molecule is Cc1sc(C2C(C#N)=C(N)SC(N)=C2C#N)cc1Br. The van der Waals surface area contributed by atoms with Gasteiger partial charge in [-0.25, -0.2) is 0 Å². The van der Waals surface area contributed by atoms with Crippen molar-refractivity contribution in [3.05, 3.63) is 41.5 Å². The minimum Gasteiger partial charge on any atom is -0.392 e. The summed E-state index contributed by atoms with van der Waals surface area (Å²) in [6.45, 7) is 1.97. The highest BCUT2D eigenvalue weighted by Gasteiger charge is 2.32. The highest BCUT2D eigenvalue weighted by Crippen LogP contribution is 2.45. The molecule has 0 unspecified atom stereocenters. The molecule has 0 amide bonds. The van der Waals surface area contributed by atoms with Gasteiger partial charge in [0.25, 0.3) is 0 Å². The molecule has 1 aliphatic heterocycles. The highest BCUT2D eigenvalue weighted by atomic mass is 79.9. The van der Waals surface area contributed by atoms with Gasteiger partial charge in [0.1, 0.15) is 0 Å². The van der Waals surface area contributed by atoms with Crippen molar-refractivity contribution in [2.24, 2.45) is 11.5 Å². The predicted octanol–water partition coefficient (Wildman–Crippen LogP) is 3.04. The van der Waals surface area contributed by atoms with Crippen molar-refractivity contribution in [2.75, 3.05) is 0 Å². The van der Waals surface area contributed by atoms with Crippen molar-refractivity contribution in [2.45, 2.75) is 12.8 Å². The Kier molecular flexibility index (Phi) is 3.91. The van der Waals surface area contributed by atoms with Crippen molar-refractivity contribution < 1.29 is 0 Å². The molecule has 0 saturated heterocycles. The Balaban J connectivity index is 2.64. The van der Waals surface area contributed by atoms with Gasteiger partial charge in [-0.3, -0.25) is 0 Å². The first-order valence-corrected chi connectivity index (χ1v) is 7.65.